The van der Waals surface area contributed by atoms with Gasteiger partial charge in [-0.05, 0) is 43.5 Å². The van der Waals surface area contributed by atoms with Crippen molar-refractivity contribution in [2.75, 3.05) is 0 Å². The van der Waals surface area contributed by atoms with Crippen LogP contribution in [0, 0.1) is 5.41 Å². The summed E-state index contributed by atoms with van der Waals surface area (Å²) in [6.45, 7) is 9.74. The normalized spacial score (nSPS) is 13.4. The third kappa shape index (κ3) is 4.29. The number of hydrogen-bond acceptors (Lipinski definition) is 3. The maximum atomic E-state index is 12.2. The van der Waals surface area contributed by atoms with Gasteiger partial charge in [-0.15, -0.1) is 0 Å². The maximum Gasteiger partial charge on any atom is 0.316 e. The summed E-state index contributed by atoms with van der Waals surface area (Å²) in [6.07, 6.45) is 0.0557. The zero-order valence-electron chi connectivity index (χ0n) is 15.7. The van der Waals surface area contributed by atoms with E-state index in [-0.39, 0.29) is 5.97 Å². The van der Waals surface area contributed by atoms with Crippen molar-refractivity contribution in [3.63, 3.8) is 0 Å². The standard InChI is InChI=1S/C22H28O3/c1-6-21(2,3)20(24)25-18-14-12-16(13-15-18)19(23)22(4,5)17-10-8-7-9-11-17/h7-15,19,23H,6H2,1-5H3. The molecule has 3 nitrogen and oxygen atoms in total. The Kier molecular flexibility index (Phi) is 5.69. The molecule has 1 N–H and O–H groups in total. The van der Waals surface area contributed by atoms with Crippen molar-refractivity contribution < 1.29 is 14.6 Å². The van der Waals surface area contributed by atoms with Crippen molar-refractivity contribution in [3.8, 4) is 5.75 Å². The van der Waals surface area contributed by atoms with Crippen LogP contribution in [0.4, 0.5) is 0 Å². The Morgan fingerprint density at radius 3 is 2.08 bits per heavy atom. The fourth-order valence-electron chi connectivity index (χ4n) is 2.55. The Balaban J connectivity index is 2.15. The average Bonchev–Trinajstić information content (AvgIpc) is 2.62. The summed E-state index contributed by atoms with van der Waals surface area (Å²) in [6, 6.07) is 17.1. The molecule has 1 unspecified atom stereocenters. The third-order valence-corrected chi connectivity index (χ3v) is 5.04. The molecule has 0 bridgehead atoms. The smallest absolute Gasteiger partial charge is 0.316 e. The van der Waals surface area contributed by atoms with Crippen LogP contribution in [-0.2, 0) is 10.2 Å². The van der Waals surface area contributed by atoms with Crippen molar-refractivity contribution in [1.29, 1.82) is 0 Å². The lowest BCUT2D eigenvalue weighted by molar-refractivity contribution is -0.144. The van der Waals surface area contributed by atoms with Crippen LogP contribution in [0.3, 0.4) is 0 Å². The molecule has 2 aromatic rings. The van der Waals surface area contributed by atoms with Crippen LogP contribution in [0.15, 0.2) is 54.6 Å². The number of aliphatic hydroxyl groups is 1. The Hall–Kier alpha value is -2.13. The minimum Gasteiger partial charge on any atom is -0.426 e. The van der Waals surface area contributed by atoms with Gasteiger partial charge in [0.05, 0.1) is 11.5 Å². The van der Waals surface area contributed by atoms with E-state index < -0.39 is 16.9 Å². The first-order chi connectivity index (χ1) is 11.7. The Morgan fingerprint density at radius 2 is 1.56 bits per heavy atom. The average molecular weight is 340 g/mol. The van der Waals surface area contributed by atoms with Crippen LogP contribution in [0.5, 0.6) is 5.75 Å². The Labute approximate surface area is 150 Å². The molecule has 0 aliphatic heterocycles. The van der Waals surface area contributed by atoms with Crippen LogP contribution in [0.25, 0.3) is 0 Å². The van der Waals surface area contributed by atoms with Gasteiger partial charge in [0.25, 0.3) is 0 Å². The molecule has 0 aliphatic carbocycles. The number of hydrogen-bond donors (Lipinski definition) is 1. The molecule has 134 valence electrons. The van der Waals surface area contributed by atoms with Crippen molar-refractivity contribution in [1.82, 2.24) is 0 Å². The van der Waals surface area contributed by atoms with Crippen LogP contribution >= 0.6 is 0 Å². The quantitative estimate of drug-likeness (QED) is 0.592. The fraction of sp³-hybridized carbons (Fsp3) is 0.409. The molecule has 0 heterocycles. The maximum absolute atomic E-state index is 12.2. The van der Waals surface area contributed by atoms with Crippen molar-refractivity contribution in [3.05, 3.63) is 65.7 Å². The van der Waals surface area contributed by atoms with E-state index in [2.05, 4.69) is 0 Å². The van der Waals surface area contributed by atoms with Gasteiger partial charge in [0.1, 0.15) is 5.75 Å². The second kappa shape index (κ2) is 7.40. The number of carbonyl (C=O) groups excluding carboxylic acids is 1. The lowest BCUT2D eigenvalue weighted by Crippen LogP contribution is -2.28. The minimum absolute atomic E-state index is 0.243. The highest BCUT2D eigenvalue weighted by molar-refractivity contribution is 5.78. The first-order valence-corrected chi connectivity index (χ1v) is 8.74. The highest BCUT2D eigenvalue weighted by Crippen LogP contribution is 2.37. The van der Waals surface area contributed by atoms with E-state index in [9.17, 15) is 9.90 Å². The number of rotatable bonds is 6. The van der Waals surface area contributed by atoms with E-state index in [0.717, 1.165) is 11.1 Å². The zero-order chi connectivity index (χ0) is 18.7. The van der Waals surface area contributed by atoms with E-state index in [1.165, 1.54) is 0 Å². The molecule has 0 aliphatic rings. The summed E-state index contributed by atoms with van der Waals surface area (Å²) < 4.78 is 5.45. The summed E-state index contributed by atoms with van der Waals surface area (Å²) in [5, 5.41) is 10.8. The van der Waals surface area contributed by atoms with Crippen LogP contribution in [-0.4, -0.2) is 11.1 Å². The van der Waals surface area contributed by atoms with E-state index in [1.807, 2.05) is 77.1 Å². The van der Waals surface area contributed by atoms with Crippen molar-refractivity contribution in [2.45, 2.75) is 52.6 Å². The van der Waals surface area contributed by atoms with Crippen LogP contribution in [0.2, 0.25) is 0 Å². The van der Waals surface area contributed by atoms with E-state index in [0.29, 0.717) is 12.2 Å². The van der Waals surface area contributed by atoms with E-state index in [4.69, 9.17) is 4.74 Å². The highest BCUT2D eigenvalue weighted by atomic mass is 16.5. The fourth-order valence-corrected chi connectivity index (χ4v) is 2.55. The molecular weight excluding hydrogens is 312 g/mol. The summed E-state index contributed by atoms with van der Waals surface area (Å²) in [5.41, 5.74) is 0.933. The summed E-state index contributed by atoms with van der Waals surface area (Å²) in [5.74, 6) is 0.257. The van der Waals surface area contributed by atoms with Gasteiger partial charge in [0.15, 0.2) is 0 Å². The second-order valence-electron chi connectivity index (χ2n) is 7.69. The number of aliphatic hydroxyl groups excluding tert-OH is 1. The van der Waals surface area contributed by atoms with E-state index in [1.54, 1.807) is 12.1 Å². The molecular formula is C22H28O3. The molecule has 0 spiro atoms. The molecule has 0 radical (unpaired) electrons. The molecule has 0 saturated heterocycles. The number of carbonyl (C=O) groups is 1. The minimum atomic E-state index is -0.660. The lowest BCUT2D eigenvalue weighted by Gasteiger charge is -2.31. The topological polar surface area (TPSA) is 46.5 Å². The number of benzene rings is 2. The Bertz CT molecular complexity index is 700. The molecule has 0 fully saturated rings. The van der Waals surface area contributed by atoms with Gasteiger partial charge in [-0.25, -0.2) is 0 Å². The monoisotopic (exact) mass is 340 g/mol. The molecule has 3 heteroatoms. The summed E-state index contributed by atoms with van der Waals surface area (Å²) >= 11 is 0. The number of esters is 1. The summed E-state index contributed by atoms with van der Waals surface area (Å²) in [4.78, 5) is 12.2. The van der Waals surface area contributed by atoms with Crippen LogP contribution < -0.4 is 4.74 Å². The molecule has 25 heavy (non-hydrogen) atoms. The molecule has 2 rings (SSSR count). The molecule has 0 aromatic heterocycles. The third-order valence-electron chi connectivity index (χ3n) is 5.04. The molecule has 1 atom stereocenters. The van der Waals surface area contributed by atoms with Crippen LogP contribution in [0.1, 0.15) is 58.3 Å². The predicted molar refractivity (Wildman–Crippen MR) is 101 cm³/mol. The van der Waals surface area contributed by atoms with Gasteiger partial charge in [-0.2, -0.15) is 0 Å². The van der Waals surface area contributed by atoms with Crippen molar-refractivity contribution >= 4 is 5.97 Å². The van der Waals surface area contributed by atoms with Gasteiger partial charge in [-0.1, -0.05) is 63.2 Å². The van der Waals surface area contributed by atoms with Gasteiger partial charge >= 0.3 is 5.97 Å². The van der Waals surface area contributed by atoms with Gasteiger partial charge in [-0.3, -0.25) is 4.79 Å². The first-order valence-electron chi connectivity index (χ1n) is 8.74. The molecule has 0 amide bonds. The molecule has 0 saturated carbocycles. The number of ether oxygens (including phenoxy) is 1. The first kappa shape index (κ1) is 19.2. The second-order valence-corrected chi connectivity index (χ2v) is 7.69. The summed E-state index contributed by atoms with van der Waals surface area (Å²) in [7, 11) is 0. The zero-order valence-corrected chi connectivity index (χ0v) is 15.7. The largest absolute Gasteiger partial charge is 0.426 e. The van der Waals surface area contributed by atoms with Gasteiger partial charge < -0.3 is 9.84 Å². The van der Waals surface area contributed by atoms with E-state index >= 15 is 0 Å². The van der Waals surface area contributed by atoms with Gasteiger partial charge in [0.2, 0.25) is 0 Å². The van der Waals surface area contributed by atoms with Crippen molar-refractivity contribution in [2.24, 2.45) is 5.41 Å². The SMILES string of the molecule is CCC(C)(C)C(=O)Oc1ccc(C(O)C(C)(C)c2ccccc2)cc1. The molecule has 2 aromatic carbocycles. The predicted octanol–water partition coefficient (Wildman–Crippen LogP) is 5.04. The van der Waals surface area contributed by atoms with Gasteiger partial charge in [0, 0.05) is 5.41 Å². The highest BCUT2D eigenvalue weighted by Gasteiger charge is 2.31. The lowest BCUT2D eigenvalue weighted by atomic mass is 9.77. The Morgan fingerprint density at radius 1 is 1.00 bits per heavy atom.